The van der Waals surface area contributed by atoms with E-state index in [0.29, 0.717) is 10.4 Å². The van der Waals surface area contributed by atoms with E-state index in [1.54, 1.807) is 12.1 Å². The summed E-state index contributed by atoms with van der Waals surface area (Å²) in [5.74, 6) is 0.568. The molecule has 4 N–H and O–H groups in total. The predicted molar refractivity (Wildman–Crippen MR) is 62.5 cm³/mol. The molecule has 15 heavy (non-hydrogen) atoms. The van der Waals surface area contributed by atoms with Crippen LogP contribution in [0.1, 0.15) is 5.69 Å². The van der Waals surface area contributed by atoms with Gasteiger partial charge in [-0.15, -0.1) is 0 Å². The number of phenols is 1. The molecule has 0 fully saturated rings. The molecule has 0 unspecified atom stereocenters. The Morgan fingerprint density at radius 1 is 1.47 bits per heavy atom. The average Bonchev–Trinajstić information content (AvgIpc) is 2.50. The molecule has 2 aromatic rings. The van der Waals surface area contributed by atoms with Crippen LogP contribution in [-0.4, -0.2) is 15.1 Å². The molecule has 0 saturated carbocycles. The highest BCUT2D eigenvalue weighted by Crippen LogP contribution is 2.30. The number of aryl methyl sites for hydroxylation is 1. The number of nitrogens with zero attached hydrogens (tertiary/aromatic N) is 1. The van der Waals surface area contributed by atoms with Crippen molar-refractivity contribution in [3.05, 3.63) is 28.4 Å². The maximum atomic E-state index is 9.54. The van der Waals surface area contributed by atoms with E-state index in [1.807, 2.05) is 13.0 Å². The van der Waals surface area contributed by atoms with Crippen LogP contribution < -0.4 is 5.73 Å². The van der Waals surface area contributed by atoms with Gasteiger partial charge in [0.25, 0.3) is 0 Å². The Morgan fingerprint density at radius 2 is 2.20 bits per heavy atom. The van der Waals surface area contributed by atoms with Gasteiger partial charge in [0.1, 0.15) is 5.75 Å². The van der Waals surface area contributed by atoms with Crippen molar-refractivity contribution in [2.45, 2.75) is 6.92 Å². The van der Waals surface area contributed by atoms with E-state index in [4.69, 9.17) is 5.73 Å². The highest BCUT2D eigenvalue weighted by Gasteiger charge is 2.08. The number of aromatic nitrogens is 2. The number of hydrogen-bond acceptors (Lipinski definition) is 3. The van der Waals surface area contributed by atoms with Gasteiger partial charge in [0.15, 0.2) is 5.95 Å². The minimum Gasteiger partial charge on any atom is -0.507 e. The zero-order chi connectivity index (χ0) is 11.0. The summed E-state index contributed by atoms with van der Waals surface area (Å²) in [5, 5.41) is 9.54. The van der Waals surface area contributed by atoms with Crippen LogP contribution in [-0.2, 0) is 0 Å². The standard InChI is InChI=1S/C10H10BrN3O/c1-5-9(14-10(12)13-5)6-2-3-7(11)8(15)4-6/h2-4,15H,1H3,(H3,12,13,14). The molecule has 0 aliphatic carbocycles. The Kier molecular flexibility index (Phi) is 2.40. The Labute approximate surface area is 95.3 Å². The Bertz CT molecular complexity index is 507. The normalized spacial score (nSPS) is 10.5. The summed E-state index contributed by atoms with van der Waals surface area (Å²) < 4.78 is 0.660. The van der Waals surface area contributed by atoms with E-state index in [0.717, 1.165) is 17.0 Å². The van der Waals surface area contributed by atoms with Crippen LogP contribution in [0.3, 0.4) is 0 Å². The first-order valence-electron chi connectivity index (χ1n) is 4.39. The highest BCUT2D eigenvalue weighted by atomic mass is 79.9. The lowest BCUT2D eigenvalue weighted by atomic mass is 10.1. The van der Waals surface area contributed by atoms with E-state index in [2.05, 4.69) is 25.9 Å². The van der Waals surface area contributed by atoms with Crippen molar-refractivity contribution < 1.29 is 5.11 Å². The molecule has 1 aromatic heterocycles. The summed E-state index contributed by atoms with van der Waals surface area (Å²) in [5.41, 5.74) is 8.02. The number of hydrogen-bond donors (Lipinski definition) is 3. The molecule has 1 aromatic carbocycles. The van der Waals surface area contributed by atoms with Crippen molar-refractivity contribution in [2.24, 2.45) is 0 Å². The number of phenolic OH excluding ortho intramolecular Hbond substituents is 1. The maximum absolute atomic E-state index is 9.54. The third-order valence-electron chi connectivity index (χ3n) is 2.12. The molecule has 0 saturated heterocycles. The van der Waals surface area contributed by atoms with Crippen LogP contribution in [0.25, 0.3) is 11.3 Å². The lowest BCUT2D eigenvalue weighted by Gasteiger charge is -2.01. The zero-order valence-corrected chi connectivity index (χ0v) is 9.67. The van der Waals surface area contributed by atoms with Gasteiger partial charge in [-0.05, 0) is 35.0 Å². The fourth-order valence-corrected chi connectivity index (χ4v) is 1.67. The number of imidazole rings is 1. The van der Waals surface area contributed by atoms with E-state index in [9.17, 15) is 5.11 Å². The van der Waals surface area contributed by atoms with Gasteiger partial charge in [-0.2, -0.15) is 0 Å². The monoisotopic (exact) mass is 267 g/mol. The number of nitrogens with two attached hydrogens (primary N) is 1. The van der Waals surface area contributed by atoms with Crippen LogP contribution in [0, 0.1) is 6.92 Å². The molecule has 78 valence electrons. The van der Waals surface area contributed by atoms with E-state index < -0.39 is 0 Å². The number of nitrogen functional groups attached to an aromatic ring is 1. The lowest BCUT2D eigenvalue weighted by molar-refractivity contribution is 0.472. The summed E-state index contributed by atoms with van der Waals surface area (Å²) in [4.78, 5) is 7.06. The molecule has 1 heterocycles. The molecule has 4 nitrogen and oxygen atoms in total. The number of rotatable bonds is 1. The number of H-pyrrole nitrogens is 1. The van der Waals surface area contributed by atoms with Crippen LogP contribution in [0.15, 0.2) is 22.7 Å². The molecule has 0 atom stereocenters. The fraction of sp³-hybridized carbons (Fsp3) is 0.100. The summed E-state index contributed by atoms with van der Waals surface area (Å²) in [6, 6.07) is 5.29. The van der Waals surface area contributed by atoms with Crippen LogP contribution in [0.4, 0.5) is 5.95 Å². The molecule has 5 heteroatoms. The number of anilines is 1. The second-order valence-electron chi connectivity index (χ2n) is 3.26. The molecule has 0 aliphatic rings. The first-order chi connectivity index (χ1) is 7.08. The largest absolute Gasteiger partial charge is 0.507 e. The SMILES string of the molecule is Cc1[nH]c(N)nc1-c1ccc(Br)c(O)c1. The minimum atomic E-state index is 0.188. The summed E-state index contributed by atoms with van der Waals surface area (Å²) >= 11 is 3.22. The smallest absolute Gasteiger partial charge is 0.198 e. The number of aromatic amines is 1. The second kappa shape index (κ2) is 3.58. The third kappa shape index (κ3) is 1.83. The Balaban J connectivity index is 2.54. The molecule has 0 aliphatic heterocycles. The minimum absolute atomic E-state index is 0.188. The molecule has 0 bridgehead atoms. The topological polar surface area (TPSA) is 74.9 Å². The molecule has 2 rings (SSSR count). The molecule has 0 radical (unpaired) electrons. The summed E-state index contributed by atoms with van der Waals surface area (Å²) in [6.07, 6.45) is 0. The van der Waals surface area contributed by atoms with Gasteiger partial charge in [0.2, 0.25) is 0 Å². The van der Waals surface area contributed by atoms with Gasteiger partial charge in [-0.25, -0.2) is 4.98 Å². The van der Waals surface area contributed by atoms with E-state index in [-0.39, 0.29) is 5.75 Å². The van der Waals surface area contributed by atoms with Crippen molar-refractivity contribution in [1.82, 2.24) is 9.97 Å². The maximum Gasteiger partial charge on any atom is 0.198 e. The molecular formula is C10H10BrN3O. The fourth-order valence-electron chi connectivity index (χ4n) is 1.42. The quantitative estimate of drug-likeness (QED) is 0.743. The van der Waals surface area contributed by atoms with Crippen molar-refractivity contribution in [2.75, 3.05) is 5.73 Å². The van der Waals surface area contributed by atoms with Crippen LogP contribution in [0.2, 0.25) is 0 Å². The van der Waals surface area contributed by atoms with Gasteiger partial charge in [0.05, 0.1) is 10.2 Å². The number of nitrogens with one attached hydrogen (secondary N) is 1. The van der Waals surface area contributed by atoms with E-state index in [1.165, 1.54) is 0 Å². The third-order valence-corrected chi connectivity index (χ3v) is 2.79. The number of aromatic hydroxyl groups is 1. The van der Waals surface area contributed by atoms with Gasteiger partial charge in [-0.1, -0.05) is 6.07 Å². The van der Waals surface area contributed by atoms with Crippen LogP contribution >= 0.6 is 15.9 Å². The Morgan fingerprint density at radius 3 is 2.73 bits per heavy atom. The average molecular weight is 268 g/mol. The summed E-state index contributed by atoms with van der Waals surface area (Å²) in [7, 11) is 0. The van der Waals surface area contributed by atoms with Crippen molar-refractivity contribution in [3.63, 3.8) is 0 Å². The number of halogens is 1. The van der Waals surface area contributed by atoms with Crippen LogP contribution in [0.5, 0.6) is 5.75 Å². The zero-order valence-electron chi connectivity index (χ0n) is 8.08. The molecule has 0 amide bonds. The van der Waals surface area contributed by atoms with Gasteiger partial charge in [0, 0.05) is 11.3 Å². The molecule has 0 spiro atoms. The van der Waals surface area contributed by atoms with Crippen molar-refractivity contribution in [1.29, 1.82) is 0 Å². The first-order valence-corrected chi connectivity index (χ1v) is 5.18. The van der Waals surface area contributed by atoms with Gasteiger partial charge >= 0.3 is 0 Å². The Hall–Kier alpha value is -1.49. The van der Waals surface area contributed by atoms with Gasteiger partial charge < -0.3 is 15.8 Å². The van der Waals surface area contributed by atoms with Crippen molar-refractivity contribution in [3.8, 4) is 17.0 Å². The van der Waals surface area contributed by atoms with E-state index >= 15 is 0 Å². The molecular weight excluding hydrogens is 258 g/mol. The van der Waals surface area contributed by atoms with Crippen molar-refractivity contribution >= 4 is 21.9 Å². The first kappa shape index (κ1) is 10.0. The van der Waals surface area contributed by atoms with Gasteiger partial charge in [-0.3, -0.25) is 0 Å². The predicted octanol–water partition coefficient (Wildman–Crippen LogP) is 2.44. The highest BCUT2D eigenvalue weighted by molar-refractivity contribution is 9.10. The number of benzene rings is 1. The lowest BCUT2D eigenvalue weighted by Crippen LogP contribution is -1.85. The second-order valence-corrected chi connectivity index (χ2v) is 4.12. The summed E-state index contributed by atoms with van der Waals surface area (Å²) in [6.45, 7) is 1.89.